The fourth-order valence-corrected chi connectivity index (χ4v) is 2.91. The van der Waals surface area contributed by atoms with Gasteiger partial charge in [0.25, 0.3) is 0 Å². The first-order valence-corrected chi connectivity index (χ1v) is 7.69. The number of hydrogen-bond acceptors (Lipinski definition) is 4. The zero-order valence-electron chi connectivity index (χ0n) is 11.8. The second-order valence-electron chi connectivity index (χ2n) is 5.52. The lowest BCUT2D eigenvalue weighted by atomic mass is 9.92. The Morgan fingerprint density at radius 3 is 2.67 bits per heavy atom. The lowest BCUT2D eigenvalue weighted by Crippen LogP contribution is -2.33. The number of pyridine rings is 2. The van der Waals surface area contributed by atoms with Crippen LogP contribution in [0.3, 0.4) is 0 Å². The summed E-state index contributed by atoms with van der Waals surface area (Å²) >= 11 is 6.25. The summed E-state index contributed by atoms with van der Waals surface area (Å²) in [5.74, 6) is 0.848. The van der Waals surface area contributed by atoms with Gasteiger partial charge < -0.3 is 11.1 Å². The highest BCUT2D eigenvalue weighted by Gasteiger charge is 2.19. The van der Waals surface area contributed by atoms with Gasteiger partial charge in [-0.3, -0.25) is 4.98 Å². The molecule has 0 bridgehead atoms. The van der Waals surface area contributed by atoms with Crippen molar-refractivity contribution >= 4 is 17.4 Å². The number of halogens is 1. The van der Waals surface area contributed by atoms with Crippen molar-refractivity contribution in [3.8, 4) is 11.3 Å². The molecule has 0 atom stereocenters. The fourth-order valence-electron chi connectivity index (χ4n) is 2.71. The van der Waals surface area contributed by atoms with E-state index in [-0.39, 0.29) is 0 Å². The van der Waals surface area contributed by atoms with E-state index in [9.17, 15) is 0 Å². The molecule has 0 radical (unpaired) electrons. The summed E-state index contributed by atoms with van der Waals surface area (Å²) in [5.41, 5.74) is 7.71. The monoisotopic (exact) mass is 302 g/mol. The van der Waals surface area contributed by atoms with Crippen LogP contribution in [0.15, 0.2) is 36.7 Å². The summed E-state index contributed by atoms with van der Waals surface area (Å²) in [6.07, 6.45) is 7.76. The van der Waals surface area contributed by atoms with Crippen LogP contribution in [-0.2, 0) is 0 Å². The van der Waals surface area contributed by atoms with E-state index in [4.69, 9.17) is 17.3 Å². The SMILES string of the molecule is NC1CCC(Nc2cc(-c3ccccn3)c(Cl)cn2)CC1. The number of aromatic nitrogens is 2. The van der Waals surface area contributed by atoms with E-state index in [1.807, 2.05) is 24.3 Å². The Kier molecular flexibility index (Phi) is 4.36. The molecule has 2 aromatic heterocycles. The Labute approximate surface area is 129 Å². The van der Waals surface area contributed by atoms with Gasteiger partial charge in [-0.15, -0.1) is 0 Å². The summed E-state index contributed by atoms with van der Waals surface area (Å²) < 4.78 is 0. The third-order valence-corrected chi connectivity index (χ3v) is 4.22. The Hall–Kier alpha value is -1.65. The topological polar surface area (TPSA) is 63.8 Å². The molecule has 2 heterocycles. The molecule has 21 heavy (non-hydrogen) atoms. The molecule has 0 unspecified atom stereocenters. The molecule has 110 valence electrons. The molecule has 1 saturated carbocycles. The zero-order chi connectivity index (χ0) is 14.7. The van der Waals surface area contributed by atoms with Gasteiger partial charge in [-0.05, 0) is 43.9 Å². The number of nitrogens with two attached hydrogens (primary N) is 1. The highest BCUT2D eigenvalue weighted by molar-refractivity contribution is 6.33. The molecule has 5 heteroatoms. The highest BCUT2D eigenvalue weighted by atomic mass is 35.5. The minimum atomic E-state index is 0.352. The Bertz CT molecular complexity index is 594. The number of nitrogens with zero attached hydrogens (tertiary/aromatic N) is 2. The predicted molar refractivity (Wildman–Crippen MR) is 86.3 cm³/mol. The van der Waals surface area contributed by atoms with Crippen molar-refractivity contribution in [3.05, 3.63) is 41.7 Å². The van der Waals surface area contributed by atoms with Gasteiger partial charge in [0.1, 0.15) is 5.82 Å². The van der Waals surface area contributed by atoms with Gasteiger partial charge in [0.15, 0.2) is 0 Å². The molecule has 0 saturated heterocycles. The molecular weight excluding hydrogens is 284 g/mol. The third-order valence-electron chi connectivity index (χ3n) is 3.92. The van der Waals surface area contributed by atoms with Crippen LogP contribution >= 0.6 is 11.6 Å². The van der Waals surface area contributed by atoms with Crippen molar-refractivity contribution < 1.29 is 0 Å². The maximum absolute atomic E-state index is 6.25. The molecule has 4 nitrogen and oxygen atoms in total. The molecule has 3 N–H and O–H groups in total. The minimum absolute atomic E-state index is 0.352. The quantitative estimate of drug-likeness (QED) is 0.911. The largest absolute Gasteiger partial charge is 0.367 e. The number of anilines is 1. The van der Waals surface area contributed by atoms with E-state index >= 15 is 0 Å². The van der Waals surface area contributed by atoms with Gasteiger partial charge >= 0.3 is 0 Å². The molecule has 0 aliphatic heterocycles. The van der Waals surface area contributed by atoms with E-state index < -0.39 is 0 Å². The van der Waals surface area contributed by atoms with Crippen LogP contribution in [0.5, 0.6) is 0 Å². The normalized spacial score (nSPS) is 22.0. The molecular formula is C16H19ClN4. The summed E-state index contributed by atoms with van der Waals surface area (Å²) in [4.78, 5) is 8.73. The molecule has 0 spiro atoms. The average molecular weight is 303 g/mol. The molecule has 2 aromatic rings. The van der Waals surface area contributed by atoms with Crippen molar-refractivity contribution in [3.63, 3.8) is 0 Å². The van der Waals surface area contributed by atoms with E-state index in [0.29, 0.717) is 17.1 Å². The molecule has 1 aliphatic carbocycles. The summed E-state index contributed by atoms with van der Waals surface area (Å²) in [7, 11) is 0. The number of nitrogens with one attached hydrogen (secondary N) is 1. The van der Waals surface area contributed by atoms with Crippen LogP contribution in [-0.4, -0.2) is 22.1 Å². The smallest absolute Gasteiger partial charge is 0.126 e. The second kappa shape index (κ2) is 6.41. The second-order valence-corrected chi connectivity index (χ2v) is 5.93. The Balaban J connectivity index is 1.78. The van der Waals surface area contributed by atoms with Gasteiger partial charge in [0, 0.05) is 30.0 Å². The van der Waals surface area contributed by atoms with E-state index in [1.165, 1.54) is 0 Å². The standard InChI is InChI=1S/C16H19ClN4/c17-14-10-20-16(21-12-6-4-11(18)5-7-12)9-13(14)15-3-1-2-8-19-15/h1-3,8-12H,4-7,18H2,(H,20,21). The fraction of sp³-hybridized carbons (Fsp3) is 0.375. The van der Waals surface area contributed by atoms with E-state index in [0.717, 1.165) is 42.8 Å². The number of rotatable bonds is 3. The molecule has 1 aliphatic rings. The van der Waals surface area contributed by atoms with Crippen LogP contribution < -0.4 is 11.1 Å². The molecule has 3 rings (SSSR count). The van der Waals surface area contributed by atoms with Gasteiger partial charge in [-0.25, -0.2) is 4.98 Å². The predicted octanol–water partition coefficient (Wildman–Crippen LogP) is 3.48. The van der Waals surface area contributed by atoms with Crippen LogP contribution in [0.2, 0.25) is 5.02 Å². The Morgan fingerprint density at radius 2 is 1.95 bits per heavy atom. The summed E-state index contributed by atoms with van der Waals surface area (Å²) in [6.45, 7) is 0. The van der Waals surface area contributed by atoms with Crippen molar-refractivity contribution in [2.75, 3.05) is 5.32 Å². The highest BCUT2D eigenvalue weighted by Crippen LogP contribution is 2.28. The van der Waals surface area contributed by atoms with E-state index in [1.54, 1.807) is 12.4 Å². The molecule has 1 fully saturated rings. The first kappa shape index (κ1) is 14.3. The van der Waals surface area contributed by atoms with Crippen LogP contribution in [0, 0.1) is 0 Å². The maximum Gasteiger partial charge on any atom is 0.126 e. The van der Waals surface area contributed by atoms with Crippen LogP contribution in [0.25, 0.3) is 11.3 Å². The maximum atomic E-state index is 6.25. The zero-order valence-corrected chi connectivity index (χ0v) is 12.6. The minimum Gasteiger partial charge on any atom is -0.367 e. The average Bonchev–Trinajstić information content (AvgIpc) is 2.52. The van der Waals surface area contributed by atoms with E-state index in [2.05, 4.69) is 15.3 Å². The van der Waals surface area contributed by atoms with Crippen molar-refractivity contribution in [2.45, 2.75) is 37.8 Å². The molecule has 0 aromatic carbocycles. The lowest BCUT2D eigenvalue weighted by molar-refractivity contribution is 0.410. The van der Waals surface area contributed by atoms with Gasteiger partial charge in [-0.2, -0.15) is 0 Å². The van der Waals surface area contributed by atoms with Crippen molar-refractivity contribution in [1.29, 1.82) is 0 Å². The summed E-state index contributed by atoms with van der Waals surface area (Å²) in [6, 6.07) is 8.56. The van der Waals surface area contributed by atoms with Gasteiger partial charge in [0.05, 0.1) is 10.7 Å². The van der Waals surface area contributed by atoms with Gasteiger partial charge in [-0.1, -0.05) is 17.7 Å². The third kappa shape index (κ3) is 3.52. The van der Waals surface area contributed by atoms with Crippen LogP contribution in [0.1, 0.15) is 25.7 Å². The van der Waals surface area contributed by atoms with Crippen molar-refractivity contribution in [1.82, 2.24) is 9.97 Å². The van der Waals surface area contributed by atoms with Crippen molar-refractivity contribution in [2.24, 2.45) is 5.73 Å². The van der Waals surface area contributed by atoms with Crippen LogP contribution in [0.4, 0.5) is 5.82 Å². The molecule has 0 amide bonds. The lowest BCUT2D eigenvalue weighted by Gasteiger charge is -2.27. The number of hydrogen-bond donors (Lipinski definition) is 2. The first-order chi connectivity index (χ1) is 10.2. The van der Waals surface area contributed by atoms with Gasteiger partial charge in [0.2, 0.25) is 0 Å². The Morgan fingerprint density at radius 1 is 1.14 bits per heavy atom. The summed E-state index contributed by atoms with van der Waals surface area (Å²) in [5, 5.41) is 4.10. The first-order valence-electron chi connectivity index (χ1n) is 7.31.